The molecule has 4 nitrogen and oxygen atoms in total. The quantitative estimate of drug-likeness (QED) is 0.850. The highest BCUT2D eigenvalue weighted by atomic mass is 16.5. The number of nitrogens with one attached hydrogen (secondary N) is 1. The average Bonchev–Trinajstić information content (AvgIpc) is 2.82. The van der Waals surface area contributed by atoms with Crippen molar-refractivity contribution >= 4 is 5.82 Å². The molecule has 0 spiro atoms. The van der Waals surface area contributed by atoms with Gasteiger partial charge in [0.1, 0.15) is 11.6 Å². The molecular formula is C13H21N3O. The third kappa shape index (κ3) is 3.40. The predicted molar refractivity (Wildman–Crippen MR) is 68.3 cm³/mol. The number of nitrogens with zero attached hydrogens (tertiary/aromatic N) is 2. The van der Waals surface area contributed by atoms with Crippen LogP contribution in [-0.4, -0.2) is 29.7 Å². The molecule has 1 fully saturated rings. The molecule has 0 amide bonds. The molecule has 1 aliphatic heterocycles. The SMILES string of the molecule is CCCc1cc(NC)nc(CC2CCCO2)n1. The van der Waals surface area contributed by atoms with Gasteiger partial charge < -0.3 is 10.1 Å². The molecule has 1 unspecified atom stereocenters. The number of ether oxygens (including phenoxy) is 1. The first kappa shape index (κ1) is 12.3. The summed E-state index contributed by atoms with van der Waals surface area (Å²) in [7, 11) is 1.90. The number of aryl methyl sites for hydroxylation is 1. The van der Waals surface area contributed by atoms with Crippen molar-refractivity contribution in [2.45, 2.75) is 45.1 Å². The van der Waals surface area contributed by atoms with E-state index >= 15 is 0 Å². The van der Waals surface area contributed by atoms with Crippen LogP contribution >= 0.6 is 0 Å². The fourth-order valence-electron chi connectivity index (χ4n) is 2.16. The zero-order chi connectivity index (χ0) is 12.1. The monoisotopic (exact) mass is 235 g/mol. The van der Waals surface area contributed by atoms with Crippen molar-refractivity contribution in [3.63, 3.8) is 0 Å². The zero-order valence-electron chi connectivity index (χ0n) is 10.7. The van der Waals surface area contributed by atoms with E-state index in [2.05, 4.69) is 22.2 Å². The molecule has 2 rings (SSSR count). The number of hydrogen-bond donors (Lipinski definition) is 1. The van der Waals surface area contributed by atoms with Gasteiger partial charge in [0.15, 0.2) is 0 Å². The van der Waals surface area contributed by atoms with Gasteiger partial charge in [0, 0.05) is 31.8 Å². The van der Waals surface area contributed by atoms with Crippen molar-refractivity contribution in [2.24, 2.45) is 0 Å². The molecule has 1 atom stereocenters. The summed E-state index contributed by atoms with van der Waals surface area (Å²) in [5.41, 5.74) is 1.12. The molecule has 1 saturated heterocycles. The maximum absolute atomic E-state index is 5.63. The van der Waals surface area contributed by atoms with Crippen LogP contribution in [0.1, 0.15) is 37.7 Å². The summed E-state index contributed by atoms with van der Waals surface area (Å²) in [6.07, 6.45) is 5.58. The van der Waals surface area contributed by atoms with Crippen molar-refractivity contribution in [3.05, 3.63) is 17.6 Å². The van der Waals surface area contributed by atoms with E-state index in [1.807, 2.05) is 13.1 Å². The summed E-state index contributed by atoms with van der Waals surface area (Å²) >= 11 is 0. The molecular weight excluding hydrogens is 214 g/mol. The van der Waals surface area contributed by atoms with Crippen molar-refractivity contribution in [1.82, 2.24) is 9.97 Å². The normalized spacial score (nSPS) is 19.5. The summed E-state index contributed by atoms with van der Waals surface area (Å²) in [6.45, 7) is 3.05. The lowest BCUT2D eigenvalue weighted by Gasteiger charge is -2.10. The van der Waals surface area contributed by atoms with Crippen LogP contribution in [0.15, 0.2) is 6.07 Å². The van der Waals surface area contributed by atoms with E-state index in [-0.39, 0.29) is 0 Å². The number of aromatic nitrogens is 2. The van der Waals surface area contributed by atoms with Crippen LogP contribution in [0.25, 0.3) is 0 Å². The molecule has 1 aromatic rings. The third-order valence-corrected chi connectivity index (χ3v) is 3.02. The predicted octanol–water partition coefficient (Wildman–Crippen LogP) is 2.19. The number of anilines is 1. The molecule has 0 aliphatic carbocycles. The Hall–Kier alpha value is -1.16. The molecule has 94 valence electrons. The van der Waals surface area contributed by atoms with E-state index < -0.39 is 0 Å². The Morgan fingerprint density at radius 3 is 3.00 bits per heavy atom. The van der Waals surface area contributed by atoms with E-state index in [1.54, 1.807) is 0 Å². The smallest absolute Gasteiger partial charge is 0.133 e. The van der Waals surface area contributed by atoms with Crippen LogP contribution < -0.4 is 5.32 Å². The molecule has 0 radical (unpaired) electrons. The zero-order valence-corrected chi connectivity index (χ0v) is 10.7. The first-order valence-corrected chi connectivity index (χ1v) is 6.48. The van der Waals surface area contributed by atoms with Crippen LogP contribution in [0.5, 0.6) is 0 Å². The molecule has 1 aliphatic rings. The van der Waals surface area contributed by atoms with Crippen molar-refractivity contribution in [2.75, 3.05) is 19.0 Å². The molecule has 17 heavy (non-hydrogen) atoms. The fraction of sp³-hybridized carbons (Fsp3) is 0.692. The molecule has 0 bridgehead atoms. The minimum Gasteiger partial charge on any atom is -0.378 e. The second-order valence-corrected chi connectivity index (χ2v) is 4.50. The largest absolute Gasteiger partial charge is 0.378 e. The van der Waals surface area contributed by atoms with Crippen LogP contribution in [0.2, 0.25) is 0 Å². The third-order valence-electron chi connectivity index (χ3n) is 3.02. The molecule has 1 aromatic heterocycles. The minimum absolute atomic E-state index is 0.316. The number of hydrogen-bond acceptors (Lipinski definition) is 4. The van der Waals surface area contributed by atoms with Crippen molar-refractivity contribution in [1.29, 1.82) is 0 Å². The molecule has 0 saturated carbocycles. The van der Waals surface area contributed by atoms with Gasteiger partial charge in [-0.2, -0.15) is 0 Å². The van der Waals surface area contributed by atoms with Crippen LogP contribution in [0, 0.1) is 0 Å². The summed E-state index contributed by atoms with van der Waals surface area (Å²) in [5, 5.41) is 3.10. The highest BCUT2D eigenvalue weighted by Gasteiger charge is 2.17. The van der Waals surface area contributed by atoms with Crippen molar-refractivity contribution in [3.8, 4) is 0 Å². The Bertz CT molecular complexity index is 362. The Labute approximate surface area is 103 Å². The molecule has 4 heteroatoms. The topological polar surface area (TPSA) is 47.0 Å². The van der Waals surface area contributed by atoms with E-state index in [4.69, 9.17) is 4.74 Å². The average molecular weight is 235 g/mol. The van der Waals surface area contributed by atoms with Gasteiger partial charge in [-0.15, -0.1) is 0 Å². The first-order chi connectivity index (χ1) is 8.31. The first-order valence-electron chi connectivity index (χ1n) is 6.48. The van der Waals surface area contributed by atoms with Gasteiger partial charge >= 0.3 is 0 Å². The molecule has 2 heterocycles. The second kappa shape index (κ2) is 5.96. The summed E-state index contributed by atoms with van der Waals surface area (Å²) < 4.78 is 5.63. The van der Waals surface area contributed by atoms with E-state index in [0.29, 0.717) is 6.10 Å². The Kier molecular flexibility index (Phi) is 4.31. The van der Waals surface area contributed by atoms with Crippen LogP contribution in [0.3, 0.4) is 0 Å². The van der Waals surface area contributed by atoms with E-state index in [0.717, 1.165) is 56.0 Å². The molecule has 1 N–H and O–H groups in total. The van der Waals surface area contributed by atoms with Gasteiger partial charge in [-0.05, 0) is 19.3 Å². The Balaban J connectivity index is 2.10. The van der Waals surface area contributed by atoms with Gasteiger partial charge in [0.25, 0.3) is 0 Å². The van der Waals surface area contributed by atoms with Gasteiger partial charge in [0.05, 0.1) is 6.10 Å². The standard InChI is InChI=1S/C13H21N3O/c1-3-5-10-8-12(14-2)16-13(15-10)9-11-6-4-7-17-11/h8,11H,3-7,9H2,1-2H3,(H,14,15,16). The lowest BCUT2D eigenvalue weighted by atomic mass is 10.1. The van der Waals surface area contributed by atoms with E-state index in [1.165, 1.54) is 0 Å². The molecule has 0 aromatic carbocycles. The lowest BCUT2D eigenvalue weighted by Crippen LogP contribution is -2.13. The maximum atomic E-state index is 5.63. The second-order valence-electron chi connectivity index (χ2n) is 4.50. The Morgan fingerprint density at radius 1 is 1.47 bits per heavy atom. The van der Waals surface area contributed by atoms with Gasteiger partial charge in [0.2, 0.25) is 0 Å². The fourth-order valence-corrected chi connectivity index (χ4v) is 2.16. The summed E-state index contributed by atoms with van der Waals surface area (Å²) in [4.78, 5) is 9.10. The Morgan fingerprint density at radius 2 is 2.35 bits per heavy atom. The van der Waals surface area contributed by atoms with Gasteiger partial charge in [-0.1, -0.05) is 13.3 Å². The van der Waals surface area contributed by atoms with E-state index in [9.17, 15) is 0 Å². The lowest BCUT2D eigenvalue weighted by molar-refractivity contribution is 0.110. The van der Waals surface area contributed by atoms with Crippen molar-refractivity contribution < 1.29 is 4.74 Å². The number of rotatable bonds is 5. The highest BCUT2D eigenvalue weighted by molar-refractivity contribution is 5.35. The van der Waals surface area contributed by atoms with Gasteiger partial charge in [-0.25, -0.2) is 9.97 Å². The summed E-state index contributed by atoms with van der Waals surface area (Å²) in [6, 6.07) is 2.03. The van der Waals surface area contributed by atoms with Crippen LogP contribution in [-0.2, 0) is 17.6 Å². The van der Waals surface area contributed by atoms with Crippen LogP contribution in [0.4, 0.5) is 5.82 Å². The summed E-state index contributed by atoms with van der Waals surface area (Å²) in [5.74, 6) is 1.82. The highest BCUT2D eigenvalue weighted by Crippen LogP contribution is 2.17. The maximum Gasteiger partial charge on any atom is 0.133 e. The van der Waals surface area contributed by atoms with Gasteiger partial charge in [-0.3, -0.25) is 0 Å². The minimum atomic E-state index is 0.316.